The summed E-state index contributed by atoms with van der Waals surface area (Å²) in [6, 6.07) is 7.17. The van der Waals surface area contributed by atoms with Gasteiger partial charge in [0, 0.05) is 45.6 Å². The molecule has 0 bridgehead atoms. The van der Waals surface area contributed by atoms with E-state index in [1.54, 1.807) is 43.6 Å². The number of aromatic nitrogens is 1. The number of hydrogen-bond donors (Lipinski definition) is 1. The maximum absolute atomic E-state index is 13.9. The lowest BCUT2D eigenvalue weighted by Crippen LogP contribution is -2.52. The second-order valence-corrected chi connectivity index (χ2v) is 21.2. The lowest BCUT2D eigenvalue weighted by molar-refractivity contribution is -0.138. The number of benzene rings is 1. The molecule has 1 radical (unpaired) electrons. The fraction of sp³-hybridized carbons (Fsp3) is 0.632. The molecule has 1 saturated heterocycles. The molecule has 1 saturated carbocycles. The first-order valence-corrected chi connectivity index (χ1v) is 23.2. The number of likely N-dealkylation sites (N-methyl/N-ethyl adjacent to an activating group) is 1. The van der Waals surface area contributed by atoms with Crippen molar-refractivity contribution < 1.29 is 38.1 Å². The molecule has 1 aliphatic carbocycles. The maximum Gasteiger partial charge on any atom is 0.409 e. The molecule has 2 fully saturated rings. The first-order valence-electron chi connectivity index (χ1n) is 18.6. The van der Waals surface area contributed by atoms with Gasteiger partial charge in [0.05, 0.1) is 39.1 Å². The number of carbonyl (C=O) groups excluding carboxylic acids is 4. The van der Waals surface area contributed by atoms with Gasteiger partial charge in [-0.25, -0.2) is 9.78 Å². The van der Waals surface area contributed by atoms with E-state index in [9.17, 15) is 19.2 Å². The SMILES string of the molecule is C[CH]C(=O)N[C@H](C(=O)N1CCC[C@H]1c1nc(C(=O)c2cccc(OCCOCCOCCN(C)C(=O)OCC[Si](C)(C)C)c2)cs1)C1CCCCC1. The van der Waals surface area contributed by atoms with Gasteiger partial charge in [-0.15, -0.1) is 11.3 Å². The highest BCUT2D eigenvalue weighted by atomic mass is 32.1. The van der Waals surface area contributed by atoms with Crippen LogP contribution in [0.25, 0.3) is 0 Å². The summed E-state index contributed by atoms with van der Waals surface area (Å²) >= 11 is 1.39. The van der Waals surface area contributed by atoms with E-state index in [4.69, 9.17) is 23.9 Å². The number of nitrogens with zero attached hydrogens (tertiary/aromatic N) is 3. The van der Waals surface area contributed by atoms with Gasteiger partial charge in [-0.2, -0.15) is 0 Å². The van der Waals surface area contributed by atoms with Gasteiger partial charge in [0.25, 0.3) is 0 Å². The molecule has 3 amide bonds. The first-order chi connectivity index (χ1) is 25.0. The third kappa shape index (κ3) is 13.0. The summed E-state index contributed by atoms with van der Waals surface area (Å²) in [7, 11) is 0.454. The Balaban J connectivity index is 1.19. The van der Waals surface area contributed by atoms with Crippen molar-refractivity contribution in [2.45, 2.75) is 89.6 Å². The lowest BCUT2D eigenvalue weighted by atomic mass is 9.83. The molecular weight excluding hydrogens is 701 g/mol. The zero-order valence-electron chi connectivity index (χ0n) is 31.5. The largest absolute Gasteiger partial charge is 0.491 e. The summed E-state index contributed by atoms with van der Waals surface area (Å²) in [5, 5.41) is 5.48. The number of ketones is 1. The summed E-state index contributed by atoms with van der Waals surface area (Å²) in [6.45, 7) is 11.7. The van der Waals surface area contributed by atoms with Crippen LogP contribution in [-0.4, -0.2) is 112 Å². The molecule has 1 aromatic heterocycles. The van der Waals surface area contributed by atoms with Gasteiger partial charge >= 0.3 is 6.09 Å². The van der Waals surface area contributed by atoms with Gasteiger partial charge < -0.3 is 34.1 Å². The minimum Gasteiger partial charge on any atom is -0.491 e. The average molecular weight is 758 g/mol. The number of carbonyl (C=O) groups is 4. The van der Waals surface area contributed by atoms with E-state index in [0.29, 0.717) is 69.7 Å². The Morgan fingerprint density at radius 2 is 1.73 bits per heavy atom. The summed E-state index contributed by atoms with van der Waals surface area (Å²) in [6.07, 6.45) is 7.89. The highest BCUT2D eigenvalue weighted by Gasteiger charge is 2.39. The third-order valence-corrected chi connectivity index (χ3v) is 12.1. The monoisotopic (exact) mass is 757 g/mol. The quantitative estimate of drug-likeness (QED) is 0.0959. The Labute approximate surface area is 313 Å². The molecule has 1 aliphatic heterocycles. The molecule has 1 aromatic carbocycles. The highest BCUT2D eigenvalue weighted by molar-refractivity contribution is 7.10. The van der Waals surface area contributed by atoms with E-state index in [2.05, 4.69) is 25.0 Å². The van der Waals surface area contributed by atoms with Crippen LogP contribution in [0.5, 0.6) is 5.75 Å². The van der Waals surface area contributed by atoms with Crippen molar-refractivity contribution in [1.29, 1.82) is 0 Å². The summed E-state index contributed by atoms with van der Waals surface area (Å²) in [5.41, 5.74) is 0.798. The summed E-state index contributed by atoms with van der Waals surface area (Å²) < 4.78 is 22.4. The highest BCUT2D eigenvalue weighted by Crippen LogP contribution is 2.36. The first kappa shape index (κ1) is 41.4. The lowest BCUT2D eigenvalue weighted by Gasteiger charge is -2.34. The van der Waals surface area contributed by atoms with Crippen molar-refractivity contribution in [2.75, 3.05) is 59.8 Å². The van der Waals surface area contributed by atoms with Crippen molar-refractivity contribution >= 4 is 43.1 Å². The standard InChI is InChI=1S/C38H57N4O8SSi/c1-6-33(43)40-34(28-12-8-7-9-13-28)37(45)42-17-11-16-32(42)36-39-31(27-51-36)35(44)29-14-10-15-30(26-29)49-23-22-48-21-20-47-19-18-41(2)38(46)50-24-25-52(3,4)5/h6,10,14-15,26-28,32,34H,7-9,11-13,16-25H2,1-5H3,(H,40,43)/t32-,34-/m0/s1. The number of nitrogens with one attached hydrogen (secondary N) is 1. The van der Waals surface area contributed by atoms with E-state index < -0.39 is 14.1 Å². The normalized spacial score (nSPS) is 17.1. The Kier molecular flexibility index (Phi) is 16.6. The molecule has 2 aromatic rings. The molecule has 1 N–H and O–H groups in total. The fourth-order valence-corrected chi connectivity index (χ4v) is 8.02. The predicted molar refractivity (Wildman–Crippen MR) is 203 cm³/mol. The van der Waals surface area contributed by atoms with E-state index in [1.807, 2.05) is 4.90 Å². The van der Waals surface area contributed by atoms with Gasteiger partial charge in [-0.05, 0) is 49.8 Å². The number of hydrogen-bond acceptors (Lipinski definition) is 10. The van der Waals surface area contributed by atoms with E-state index in [-0.39, 0.29) is 35.7 Å². The number of thiazole rings is 1. The van der Waals surface area contributed by atoms with Crippen molar-refractivity contribution in [3.05, 3.63) is 52.3 Å². The maximum atomic E-state index is 13.9. The van der Waals surface area contributed by atoms with Gasteiger partial charge in [0.2, 0.25) is 17.6 Å². The third-order valence-electron chi connectivity index (χ3n) is 9.45. The zero-order valence-corrected chi connectivity index (χ0v) is 33.3. The molecule has 2 heterocycles. The average Bonchev–Trinajstić information content (AvgIpc) is 3.83. The Morgan fingerprint density at radius 3 is 2.46 bits per heavy atom. The van der Waals surface area contributed by atoms with Gasteiger partial charge in [-0.3, -0.25) is 14.4 Å². The van der Waals surface area contributed by atoms with Crippen LogP contribution in [0.4, 0.5) is 4.79 Å². The van der Waals surface area contributed by atoms with Crippen LogP contribution < -0.4 is 10.1 Å². The topological polar surface area (TPSA) is 137 Å². The van der Waals surface area contributed by atoms with E-state index in [1.165, 1.54) is 22.7 Å². The number of rotatable bonds is 20. The minimum absolute atomic E-state index is 0.0519. The second kappa shape index (κ2) is 20.8. The smallest absolute Gasteiger partial charge is 0.409 e. The van der Waals surface area contributed by atoms with Crippen LogP contribution in [0.2, 0.25) is 25.7 Å². The Hall–Kier alpha value is -3.33. The van der Waals surface area contributed by atoms with Crippen molar-refractivity contribution in [3.63, 3.8) is 0 Å². The van der Waals surface area contributed by atoms with Crippen molar-refractivity contribution in [1.82, 2.24) is 20.1 Å². The van der Waals surface area contributed by atoms with Crippen LogP contribution in [0.1, 0.15) is 79.0 Å². The predicted octanol–water partition coefficient (Wildman–Crippen LogP) is 6.15. The van der Waals surface area contributed by atoms with E-state index in [0.717, 1.165) is 56.0 Å². The van der Waals surface area contributed by atoms with E-state index >= 15 is 0 Å². The van der Waals surface area contributed by atoms with Gasteiger partial charge in [0.15, 0.2) is 0 Å². The van der Waals surface area contributed by atoms with Crippen molar-refractivity contribution in [3.8, 4) is 5.75 Å². The van der Waals surface area contributed by atoms with Crippen LogP contribution >= 0.6 is 11.3 Å². The fourth-order valence-electron chi connectivity index (χ4n) is 6.36. The Morgan fingerprint density at radius 1 is 1.00 bits per heavy atom. The van der Waals surface area contributed by atoms with Crippen molar-refractivity contribution in [2.24, 2.45) is 5.92 Å². The molecule has 2 atom stereocenters. The molecule has 14 heteroatoms. The number of amides is 3. The van der Waals surface area contributed by atoms with Crippen LogP contribution in [-0.2, 0) is 23.8 Å². The molecular formula is C38H57N4O8SSi. The van der Waals surface area contributed by atoms with Gasteiger partial charge in [-0.1, -0.05) is 58.0 Å². The number of likely N-dealkylation sites (tertiary alicyclic amines) is 1. The molecule has 12 nitrogen and oxygen atoms in total. The zero-order chi connectivity index (χ0) is 37.5. The second-order valence-electron chi connectivity index (χ2n) is 14.7. The molecule has 52 heavy (non-hydrogen) atoms. The molecule has 0 unspecified atom stereocenters. The molecule has 4 rings (SSSR count). The van der Waals surface area contributed by atoms with Crippen LogP contribution in [0.15, 0.2) is 29.6 Å². The summed E-state index contributed by atoms with van der Waals surface area (Å²) in [5.74, 6) is 0.183. The molecule has 2 aliphatic rings. The van der Waals surface area contributed by atoms with Gasteiger partial charge in [0.1, 0.15) is 29.1 Å². The molecule has 287 valence electrons. The number of ether oxygens (including phenoxy) is 4. The molecule has 0 spiro atoms. The Bertz CT molecular complexity index is 1460. The van der Waals surface area contributed by atoms with Crippen LogP contribution in [0, 0.1) is 12.3 Å². The van der Waals surface area contributed by atoms with Crippen LogP contribution in [0.3, 0.4) is 0 Å². The summed E-state index contributed by atoms with van der Waals surface area (Å²) in [4.78, 5) is 59.9. The minimum atomic E-state index is -1.24.